The minimum Gasteiger partial charge on any atom is -0.497 e. The van der Waals surface area contributed by atoms with Crippen LogP contribution in [-0.4, -0.2) is 68.3 Å². The number of aryl methyl sites for hydroxylation is 1. The van der Waals surface area contributed by atoms with Gasteiger partial charge in [-0.3, -0.25) is 9.80 Å². The van der Waals surface area contributed by atoms with Crippen LogP contribution in [0.25, 0.3) is 0 Å². The molecule has 1 spiro atoms. The largest absolute Gasteiger partial charge is 0.497 e. The minimum absolute atomic E-state index is 0.360. The van der Waals surface area contributed by atoms with E-state index in [1.807, 2.05) is 12.1 Å². The van der Waals surface area contributed by atoms with Crippen LogP contribution in [0.5, 0.6) is 5.75 Å². The molecule has 2 heterocycles. The molecule has 1 unspecified atom stereocenters. The number of piperazine rings is 1. The maximum Gasteiger partial charge on any atom is 0.119 e. The van der Waals surface area contributed by atoms with Gasteiger partial charge in [-0.05, 0) is 74.0 Å². The molecular formula is C27H36ClN3O. The lowest BCUT2D eigenvalue weighted by Crippen LogP contribution is -2.57. The predicted molar refractivity (Wildman–Crippen MR) is 133 cm³/mol. The van der Waals surface area contributed by atoms with Crippen LogP contribution < -0.4 is 9.64 Å². The zero-order valence-corrected chi connectivity index (χ0v) is 20.1. The van der Waals surface area contributed by atoms with Crippen molar-refractivity contribution < 1.29 is 4.74 Å². The molecule has 1 atom stereocenters. The van der Waals surface area contributed by atoms with E-state index in [1.54, 1.807) is 7.11 Å². The summed E-state index contributed by atoms with van der Waals surface area (Å²) in [4.78, 5) is 7.94. The van der Waals surface area contributed by atoms with Crippen molar-refractivity contribution in [3.8, 4) is 5.75 Å². The average molecular weight is 454 g/mol. The van der Waals surface area contributed by atoms with E-state index in [0.717, 1.165) is 37.0 Å². The molecule has 1 aliphatic carbocycles. The standard InChI is InChI=1S/C27H36ClN3O/c1-32-24-9-8-23-21-27(12-10-22(23)20-24)11-4-5-13-31(27)19-16-29-14-17-30(18-15-29)26-7-3-2-6-25(26)28/h2-3,6-9,20H,4-5,10-19,21H2,1H3. The van der Waals surface area contributed by atoms with Crippen LogP contribution in [0.3, 0.4) is 0 Å². The number of nitrogens with zero attached hydrogens (tertiary/aromatic N) is 3. The maximum atomic E-state index is 6.42. The Balaban J connectivity index is 1.19. The molecule has 5 heteroatoms. The van der Waals surface area contributed by atoms with Crippen molar-refractivity contribution in [2.24, 2.45) is 0 Å². The van der Waals surface area contributed by atoms with Crippen LogP contribution in [0.15, 0.2) is 42.5 Å². The van der Waals surface area contributed by atoms with Gasteiger partial charge in [-0.1, -0.05) is 36.2 Å². The fourth-order valence-corrected chi connectivity index (χ4v) is 6.37. The number of hydrogen-bond acceptors (Lipinski definition) is 4. The molecule has 2 aromatic carbocycles. The van der Waals surface area contributed by atoms with Crippen molar-refractivity contribution in [3.63, 3.8) is 0 Å². The van der Waals surface area contributed by atoms with E-state index in [1.165, 1.54) is 75.0 Å². The Kier molecular flexibility index (Phi) is 6.64. The first-order valence-corrected chi connectivity index (χ1v) is 12.7. The van der Waals surface area contributed by atoms with Crippen LogP contribution in [-0.2, 0) is 12.8 Å². The lowest BCUT2D eigenvalue weighted by Gasteiger charge is -2.51. The Hall–Kier alpha value is -1.75. The summed E-state index contributed by atoms with van der Waals surface area (Å²) >= 11 is 6.42. The van der Waals surface area contributed by atoms with Crippen molar-refractivity contribution in [2.45, 2.75) is 44.1 Å². The highest BCUT2D eigenvalue weighted by Gasteiger charge is 2.41. The van der Waals surface area contributed by atoms with Gasteiger partial charge in [0, 0.05) is 44.8 Å². The summed E-state index contributed by atoms with van der Waals surface area (Å²) in [6, 6.07) is 15.0. The summed E-state index contributed by atoms with van der Waals surface area (Å²) in [5.74, 6) is 0.996. The fraction of sp³-hybridized carbons (Fsp3) is 0.556. The third-order valence-corrected chi connectivity index (χ3v) is 8.35. The number of rotatable bonds is 5. The minimum atomic E-state index is 0.360. The van der Waals surface area contributed by atoms with Crippen molar-refractivity contribution in [1.82, 2.24) is 9.80 Å². The van der Waals surface area contributed by atoms with E-state index < -0.39 is 0 Å². The molecule has 32 heavy (non-hydrogen) atoms. The Labute approximate surface area is 198 Å². The van der Waals surface area contributed by atoms with Crippen molar-refractivity contribution >= 4 is 17.3 Å². The van der Waals surface area contributed by atoms with Crippen LogP contribution in [0.4, 0.5) is 5.69 Å². The molecule has 2 fully saturated rings. The van der Waals surface area contributed by atoms with Gasteiger partial charge < -0.3 is 9.64 Å². The average Bonchev–Trinajstić information content (AvgIpc) is 2.84. The second-order valence-corrected chi connectivity index (χ2v) is 10.2. The number of para-hydroxylation sites is 1. The van der Waals surface area contributed by atoms with Gasteiger partial charge in [-0.15, -0.1) is 0 Å². The molecule has 2 saturated heterocycles. The van der Waals surface area contributed by atoms with Gasteiger partial charge in [0.2, 0.25) is 0 Å². The lowest BCUT2D eigenvalue weighted by atomic mass is 9.72. The van der Waals surface area contributed by atoms with E-state index in [4.69, 9.17) is 16.3 Å². The van der Waals surface area contributed by atoms with Crippen molar-refractivity contribution in [2.75, 3.05) is 57.8 Å². The van der Waals surface area contributed by atoms with E-state index >= 15 is 0 Å². The van der Waals surface area contributed by atoms with Crippen LogP contribution in [0.2, 0.25) is 5.02 Å². The first-order valence-electron chi connectivity index (χ1n) is 12.3. The maximum absolute atomic E-state index is 6.42. The number of methoxy groups -OCH3 is 1. The van der Waals surface area contributed by atoms with E-state index in [0.29, 0.717) is 5.54 Å². The molecule has 0 N–H and O–H groups in total. The molecule has 172 valence electrons. The Morgan fingerprint density at radius 3 is 2.56 bits per heavy atom. The molecule has 0 aromatic heterocycles. The highest BCUT2D eigenvalue weighted by atomic mass is 35.5. The predicted octanol–water partition coefficient (Wildman–Crippen LogP) is 4.88. The summed E-state index contributed by atoms with van der Waals surface area (Å²) in [7, 11) is 1.77. The summed E-state index contributed by atoms with van der Waals surface area (Å²) in [6.07, 6.45) is 7.73. The van der Waals surface area contributed by atoms with Crippen LogP contribution >= 0.6 is 11.6 Å². The monoisotopic (exact) mass is 453 g/mol. The van der Waals surface area contributed by atoms with Gasteiger partial charge in [0.05, 0.1) is 17.8 Å². The van der Waals surface area contributed by atoms with Gasteiger partial charge in [-0.2, -0.15) is 0 Å². The topological polar surface area (TPSA) is 19.0 Å². The SMILES string of the molecule is COc1ccc2c(c1)CCC1(CCCCN1CCN1CCN(c3ccccc3Cl)CC1)C2. The summed E-state index contributed by atoms with van der Waals surface area (Å²) in [5.41, 5.74) is 4.58. The zero-order valence-electron chi connectivity index (χ0n) is 19.4. The number of anilines is 1. The molecule has 3 aliphatic rings. The summed E-state index contributed by atoms with van der Waals surface area (Å²) in [6.45, 7) is 7.98. The molecule has 0 bridgehead atoms. The van der Waals surface area contributed by atoms with Gasteiger partial charge in [-0.25, -0.2) is 0 Å². The lowest BCUT2D eigenvalue weighted by molar-refractivity contribution is 0.0252. The molecule has 0 amide bonds. The van der Waals surface area contributed by atoms with E-state index in [2.05, 4.69) is 45.0 Å². The Bertz CT molecular complexity index is 927. The normalized spacial score (nSPS) is 24.5. The van der Waals surface area contributed by atoms with Gasteiger partial charge in [0.15, 0.2) is 0 Å². The third-order valence-electron chi connectivity index (χ3n) is 8.04. The second kappa shape index (κ2) is 9.62. The molecule has 5 rings (SSSR count). The van der Waals surface area contributed by atoms with Crippen molar-refractivity contribution in [3.05, 3.63) is 58.6 Å². The number of piperidine rings is 1. The highest BCUT2D eigenvalue weighted by molar-refractivity contribution is 6.33. The van der Waals surface area contributed by atoms with E-state index in [-0.39, 0.29) is 0 Å². The Morgan fingerprint density at radius 1 is 0.906 bits per heavy atom. The van der Waals surface area contributed by atoms with Gasteiger partial charge in [0.1, 0.15) is 5.75 Å². The molecule has 2 aromatic rings. The molecule has 0 saturated carbocycles. The van der Waals surface area contributed by atoms with Gasteiger partial charge in [0.25, 0.3) is 0 Å². The summed E-state index contributed by atoms with van der Waals surface area (Å²) < 4.78 is 5.46. The number of halogens is 1. The number of ether oxygens (including phenoxy) is 1. The Morgan fingerprint density at radius 2 is 1.75 bits per heavy atom. The molecule has 2 aliphatic heterocycles. The number of hydrogen-bond donors (Lipinski definition) is 0. The summed E-state index contributed by atoms with van der Waals surface area (Å²) in [5, 5.41) is 0.867. The first-order chi connectivity index (χ1) is 15.7. The molecular weight excluding hydrogens is 418 g/mol. The second-order valence-electron chi connectivity index (χ2n) is 9.76. The van der Waals surface area contributed by atoms with E-state index in [9.17, 15) is 0 Å². The molecule has 4 nitrogen and oxygen atoms in total. The third kappa shape index (κ3) is 4.50. The van der Waals surface area contributed by atoms with Gasteiger partial charge >= 0.3 is 0 Å². The first kappa shape index (κ1) is 22.1. The fourth-order valence-electron chi connectivity index (χ4n) is 6.11. The number of likely N-dealkylation sites (tertiary alicyclic amines) is 1. The quantitative estimate of drug-likeness (QED) is 0.641. The number of benzene rings is 2. The smallest absolute Gasteiger partial charge is 0.119 e. The van der Waals surface area contributed by atoms with Crippen LogP contribution in [0, 0.1) is 0 Å². The van der Waals surface area contributed by atoms with Crippen LogP contribution in [0.1, 0.15) is 36.8 Å². The highest BCUT2D eigenvalue weighted by Crippen LogP contribution is 2.40. The zero-order chi connectivity index (χ0) is 22.0. The number of fused-ring (bicyclic) bond motifs is 1. The van der Waals surface area contributed by atoms with Crippen molar-refractivity contribution in [1.29, 1.82) is 0 Å². The molecule has 0 radical (unpaired) electrons.